The fraction of sp³-hybridized carbons (Fsp3) is 0.800. The summed E-state index contributed by atoms with van der Waals surface area (Å²) in [6.45, 7) is 0. The Hall–Kier alpha value is -1.09. The van der Waals surface area contributed by atoms with E-state index in [0.29, 0.717) is 0 Å². The molecule has 0 radical (unpaired) electrons. The van der Waals surface area contributed by atoms with Gasteiger partial charge in [0.1, 0.15) is 0 Å². The first-order valence-electron chi connectivity index (χ1n) is 3.05. The monoisotopic (exact) mass is 246 g/mol. The number of rotatable bonds is 2. The van der Waals surface area contributed by atoms with Crippen LogP contribution in [0, 0.1) is 0 Å². The average molecular weight is 246 g/mol. The van der Waals surface area contributed by atoms with Crippen molar-refractivity contribution in [2.45, 2.75) is 24.2 Å². The van der Waals surface area contributed by atoms with Crippen LogP contribution in [0.5, 0.6) is 0 Å². The second-order valence-electron chi connectivity index (χ2n) is 2.42. The molecule has 0 aromatic heterocycles. The predicted molar refractivity (Wildman–Crippen MR) is 28.5 cm³/mol. The summed E-state index contributed by atoms with van der Waals surface area (Å²) in [7, 11) is 0. The lowest BCUT2D eigenvalue weighted by molar-refractivity contribution is -0.297. The summed E-state index contributed by atoms with van der Waals surface area (Å²) < 4.78 is 93.9. The third-order valence-electron chi connectivity index (χ3n) is 1.36. The van der Waals surface area contributed by atoms with Crippen molar-refractivity contribution in [2.24, 2.45) is 0 Å². The zero-order chi connectivity index (χ0) is 12.7. The minimum atomic E-state index is -6.51. The summed E-state index contributed by atoms with van der Waals surface area (Å²) >= 11 is 0. The molecule has 1 N–H and O–H groups in total. The van der Waals surface area contributed by atoms with Crippen molar-refractivity contribution in [3.8, 4) is 0 Å². The number of hydrogen-bond donors (Lipinski definition) is 1. The molecular formula is C5H2F8O2. The molecule has 0 aromatic carbocycles. The van der Waals surface area contributed by atoms with E-state index in [2.05, 4.69) is 0 Å². The zero-order valence-corrected chi connectivity index (χ0v) is 6.46. The van der Waals surface area contributed by atoms with E-state index < -0.39 is 30.2 Å². The first kappa shape index (κ1) is 13.9. The van der Waals surface area contributed by atoms with Crippen LogP contribution in [-0.2, 0) is 4.79 Å². The van der Waals surface area contributed by atoms with E-state index in [-0.39, 0.29) is 0 Å². The Kier molecular flexibility index (Phi) is 3.24. The molecule has 2 unspecified atom stereocenters. The minimum absolute atomic E-state index is 3.58. The van der Waals surface area contributed by atoms with E-state index in [1.807, 2.05) is 0 Å². The van der Waals surface area contributed by atoms with Crippen LogP contribution in [0.4, 0.5) is 35.1 Å². The Balaban J connectivity index is 5.43. The molecule has 0 heterocycles. The fourth-order valence-electron chi connectivity index (χ4n) is 0.599. The molecule has 2 atom stereocenters. The fourth-order valence-corrected chi connectivity index (χ4v) is 0.599. The standard InChI is InChI=1S/C5H2F8O2/c6-1(4(8,9)10)3(7,2(14)15)5(11,12)13/h1H,(H,14,15). The maximum absolute atomic E-state index is 12.5. The highest BCUT2D eigenvalue weighted by molar-refractivity contribution is 5.79. The molecule has 0 saturated carbocycles. The number of aliphatic carboxylic acids is 1. The van der Waals surface area contributed by atoms with Gasteiger partial charge in [-0.3, -0.25) is 0 Å². The van der Waals surface area contributed by atoms with E-state index in [1.54, 1.807) is 0 Å². The van der Waals surface area contributed by atoms with Gasteiger partial charge in [0.25, 0.3) is 0 Å². The molecule has 0 amide bonds. The number of carboxylic acid groups (broad SMARTS) is 1. The summed E-state index contributed by atoms with van der Waals surface area (Å²) in [5.41, 5.74) is -5.99. The van der Waals surface area contributed by atoms with Crippen molar-refractivity contribution in [1.82, 2.24) is 0 Å². The number of halogens is 8. The molecule has 90 valence electrons. The third kappa shape index (κ3) is 2.29. The smallest absolute Gasteiger partial charge is 0.436 e. The van der Waals surface area contributed by atoms with E-state index >= 15 is 0 Å². The first-order valence-corrected chi connectivity index (χ1v) is 3.05. The largest absolute Gasteiger partial charge is 0.479 e. The normalized spacial score (nSPS) is 19.5. The Labute approximate surface area is 76.5 Å². The number of carboxylic acids is 1. The maximum atomic E-state index is 12.5. The molecule has 0 aromatic rings. The number of carbonyl (C=O) groups is 1. The molecule has 0 aliphatic heterocycles. The zero-order valence-electron chi connectivity index (χ0n) is 6.46. The van der Waals surface area contributed by atoms with Crippen LogP contribution >= 0.6 is 0 Å². The molecule has 0 aliphatic rings. The molecule has 10 heteroatoms. The Morgan fingerprint density at radius 2 is 1.33 bits per heavy atom. The van der Waals surface area contributed by atoms with E-state index in [4.69, 9.17) is 5.11 Å². The molecule has 0 saturated heterocycles. The van der Waals surface area contributed by atoms with Crippen LogP contribution in [0.3, 0.4) is 0 Å². The van der Waals surface area contributed by atoms with Crippen molar-refractivity contribution in [1.29, 1.82) is 0 Å². The highest BCUT2D eigenvalue weighted by Gasteiger charge is 2.74. The minimum Gasteiger partial charge on any atom is -0.479 e. The van der Waals surface area contributed by atoms with Crippen LogP contribution in [0.15, 0.2) is 0 Å². The molecule has 15 heavy (non-hydrogen) atoms. The maximum Gasteiger partial charge on any atom is 0.436 e. The molecular weight excluding hydrogens is 244 g/mol. The Morgan fingerprint density at radius 1 is 1.00 bits per heavy atom. The lowest BCUT2D eigenvalue weighted by Gasteiger charge is -2.27. The number of alkyl halides is 8. The summed E-state index contributed by atoms with van der Waals surface area (Å²) in [5.74, 6) is -3.58. The van der Waals surface area contributed by atoms with Gasteiger partial charge in [0, 0.05) is 0 Å². The van der Waals surface area contributed by atoms with Gasteiger partial charge in [-0.1, -0.05) is 0 Å². The van der Waals surface area contributed by atoms with Crippen molar-refractivity contribution in [3.05, 3.63) is 0 Å². The van der Waals surface area contributed by atoms with Gasteiger partial charge in [0.15, 0.2) is 0 Å². The summed E-state index contributed by atoms with van der Waals surface area (Å²) in [4.78, 5) is 9.72. The molecule has 0 rings (SSSR count). The summed E-state index contributed by atoms with van der Waals surface area (Å²) in [6.07, 6.45) is -17.9. The molecule has 0 aliphatic carbocycles. The second-order valence-corrected chi connectivity index (χ2v) is 2.42. The highest BCUT2D eigenvalue weighted by Crippen LogP contribution is 2.44. The van der Waals surface area contributed by atoms with Gasteiger partial charge >= 0.3 is 24.0 Å². The van der Waals surface area contributed by atoms with Crippen LogP contribution in [0.2, 0.25) is 0 Å². The van der Waals surface area contributed by atoms with Gasteiger partial charge in [0.2, 0.25) is 6.17 Å². The molecule has 0 fully saturated rings. The van der Waals surface area contributed by atoms with Gasteiger partial charge in [0.05, 0.1) is 0 Å². The average Bonchev–Trinajstić information content (AvgIpc) is 1.97. The predicted octanol–water partition coefficient (Wildman–Crippen LogP) is 2.24. The van der Waals surface area contributed by atoms with Crippen LogP contribution in [0.1, 0.15) is 0 Å². The number of hydrogen-bond acceptors (Lipinski definition) is 1. The quantitative estimate of drug-likeness (QED) is 0.758. The first-order chi connectivity index (χ1) is 6.35. The SMILES string of the molecule is O=C(O)C(F)(C(F)C(F)(F)F)C(F)(F)F. The lowest BCUT2D eigenvalue weighted by Crippen LogP contribution is -2.59. The Morgan fingerprint density at radius 3 is 1.40 bits per heavy atom. The lowest BCUT2D eigenvalue weighted by atomic mass is 9.99. The van der Waals surface area contributed by atoms with E-state index in [0.717, 1.165) is 0 Å². The van der Waals surface area contributed by atoms with E-state index in [1.165, 1.54) is 0 Å². The second kappa shape index (κ2) is 3.49. The van der Waals surface area contributed by atoms with Crippen molar-refractivity contribution >= 4 is 5.97 Å². The van der Waals surface area contributed by atoms with Crippen LogP contribution in [0.25, 0.3) is 0 Å². The van der Waals surface area contributed by atoms with Crippen molar-refractivity contribution in [3.63, 3.8) is 0 Å². The van der Waals surface area contributed by atoms with Crippen LogP contribution < -0.4 is 0 Å². The van der Waals surface area contributed by atoms with E-state index in [9.17, 15) is 39.9 Å². The van der Waals surface area contributed by atoms with Crippen molar-refractivity contribution in [2.75, 3.05) is 0 Å². The van der Waals surface area contributed by atoms with Gasteiger partial charge < -0.3 is 5.11 Å². The summed E-state index contributed by atoms with van der Waals surface area (Å²) in [5, 5.41) is 7.67. The van der Waals surface area contributed by atoms with Gasteiger partial charge in [-0.15, -0.1) is 0 Å². The molecule has 0 spiro atoms. The van der Waals surface area contributed by atoms with Crippen molar-refractivity contribution < 1.29 is 45.0 Å². The highest BCUT2D eigenvalue weighted by atomic mass is 19.4. The third-order valence-corrected chi connectivity index (χ3v) is 1.36. The topological polar surface area (TPSA) is 37.3 Å². The van der Waals surface area contributed by atoms with Gasteiger partial charge in [-0.05, 0) is 0 Å². The molecule has 0 bridgehead atoms. The van der Waals surface area contributed by atoms with Crippen LogP contribution in [-0.4, -0.2) is 35.3 Å². The van der Waals surface area contributed by atoms with Gasteiger partial charge in [-0.2, -0.15) is 26.3 Å². The summed E-state index contributed by atoms with van der Waals surface area (Å²) in [6, 6.07) is 0. The molecule has 2 nitrogen and oxygen atoms in total. The van der Waals surface area contributed by atoms with Gasteiger partial charge in [-0.25, -0.2) is 13.6 Å². The Bertz CT molecular complexity index is 255.